The zero-order chi connectivity index (χ0) is 15.7. The largest absolute Gasteiger partial charge is 0.396 e. The van der Waals surface area contributed by atoms with Gasteiger partial charge in [-0.15, -0.1) is 0 Å². The second-order valence-corrected chi connectivity index (χ2v) is 5.82. The summed E-state index contributed by atoms with van der Waals surface area (Å²) in [4.78, 5) is 0. The zero-order valence-electron chi connectivity index (χ0n) is 13.7. The molecule has 0 radical (unpaired) electrons. The van der Waals surface area contributed by atoms with Gasteiger partial charge in [-0.3, -0.25) is 0 Å². The lowest BCUT2D eigenvalue weighted by atomic mass is 9.91. The number of nitrogens with one attached hydrogen (secondary N) is 1. The van der Waals surface area contributed by atoms with Crippen molar-refractivity contribution in [3.05, 3.63) is 29.8 Å². The summed E-state index contributed by atoms with van der Waals surface area (Å²) in [6.07, 6.45) is 3.56. The topological polar surface area (TPSA) is 52.5 Å². The van der Waals surface area contributed by atoms with E-state index in [0.717, 1.165) is 43.5 Å². The number of hydrogen-bond donors (Lipinski definition) is 3. The van der Waals surface area contributed by atoms with Gasteiger partial charge < -0.3 is 15.5 Å². The normalized spacial score (nSPS) is 14.2. The van der Waals surface area contributed by atoms with Crippen LogP contribution >= 0.6 is 0 Å². The smallest absolute Gasteiger partial charge is 0.0818 e. The van der Waals surface area contributed by atoms with E-state index in [2.05, 4.69) is 26.1 Å². The van der Waals surface area contributed by atoms with E-state index in [0.29, 0.717) is 11.8 Å². The molecule has 0 heterocycles. The van der Waals surface area contributed by atoms with Crippen molar-refractivity contribution in [2.75, 3.05) is 18.5 Å². The van der Waals surface area contributed by atoms with Gasteiger partial charge in [0, 0.05) is 18.8 Å². The van der Waals surface area contributed by atoms with Crippen molar-refractivity contribution < 1.29 is 10.2 Å². The molecule has 0 aliphatic carbocycles. The van der Waals surface area contributed by atoms with Crippen LogP contribution in [0.15, 0.2) is 24.3 Å². The summed E-state index contributed by atoms with van der Waals surface area (Å²) in [6, 6.07) is 8.06. The Morgan fingerprint density at radius 2 is 1.81 bits per heavy atom. The van der Waals surface area contributed by atoms with Crippen LogP contribution in [0.5, 0.6) is 0 Å². The van der Waals surface area contributed by atoms with Crippen molar-refractivity contribution in [1.29, 1.82) is 0 Å². The Hall–Kier alpha value is -1.06. The highest BCUT2D eigenvalue weighted by Gasteiger charge is 2.17. The van der Waals surface area contributed by atoms with Crippen molar-refractivity contribution in [3.8, 4) is 0 Å². The van der Waals surface area contributed by atoms with E-state index in [1.54, 1.807) is 0 Å². The molecule has 0 bridgehead atoms. The molecule has 0 aromatic heterocycles. The Morgan fingerprint density at radius 1 is 1.10 bits per heavy atom. The van der Waals surface area contributed by atoms with Gasteiger partial charge in [0.05, 0.1) is 6.10 Å². The van der Waals surface area contributed by atoms with Gasteiger partial charge in [-0.2, -0.15) is 0 Å². The van der Waals surface area contributed by atoms with Crippen LogP contribution in [0.1, 0.15) is 58.1 Å². The molecule has 0 saturated carbocycles. The minimum Gasteiger partial charge on any atom is -0.396 e. The van der Waals surface area contributed by atoms with E-state index in [4.69, 9.17) is 0 Å². The quantitative estimate of drug-likeness (QED) is 0.611. The third-order valence-electron chi connectivity index (χ3n) is 4.44. The fraction of sp³-hybridized carbons (Fsp3) is 0.667. The number of aliphatic hydroxyl groups excluding tert-OH is 2. The fourth-order valence-electron chi connectivity index (χ4n) is 2.69. The molecule has 1 aromatic rings. The average Bonchev–Trinajstić information content (AvgIpc) is 2.53. The fourth-order valence-corrected chi connectivity index (χ4v) is 2.69. The summed E-state index contributed by atoms with van der Waals surface area (Å²) in [5.74, 6) is 0.690. The van der Waals surface area contributed by atoms with Gasteiger partial charge in [0.15, 0.2) is 0 Å². The lowest BCUT2D eigenvalue weighted by molar-refractivity contribution is 0.103. The summed E-state index contributed by atoms with van der Waals surface area (Å²) < 4.78 is 0. The molecule has 3 nitrogen and oxygen atoms in total. The van der Waals surface area contributed by atoms with Crippen LogP contribution in [0.2, 0.25) is 0 Å². The summed E-state index contributed by atoms with van der Waals surface area (Å²) in [5.41, 5.74) is 2.04. The SMILES string of the molecule is CCC(CO)CCNc1cccc(C(O)C(CC)CC)c1. The van der Waals surface area contributed by atoms with E-state index >= 15 is 0 Å². The Kier molecular flexibility index (Phi) is 8.40. The third kappa shape index (κ3) is 5.68. The Bertz CT molecular complexity index is 387. The number of hydrogen-bond acceptors (Lipinski definition) is 3. The monoisotopic (exact) mass is 293 g/mol. The van der Waals surface area contributed by atoms with Crippen LogP contribution in [0, 0.1) is 11.8 Å². The van der Waals surface area contributed by atoms with E-state index in [1.807, 2.05) is 24.3 Å². The Labute approximate surface area is 129 Å². The summed E-state index contributed by atoms with van der Waals surface area (Å²) in [7, 11) is 0. The summed E-state index contributed by atoms with van der Waals surface area (Å²) in [5, 5.41) is 23.0. The molecule has 0 spiro atoms. The van der Waals surface area contributed by atoms with Gasteiger partial charge >= 0.3 is 0 Å². The van der Waals surface area contributed by atoms with Gasteiger partial charge in [-0.05, 0) is 36.0 Å². The average molecular weight is 293 g/mol. The van der Waals surface area contributed by atoms with Gasteiger partial charge in [0.2, 0.25) is 0 Å². The minimum atomic E-state index is -0.386. The predicted octanol–water partition coefficient (Wildman–Crippen LogP) is 3.98. The van der Waals surface area contributed by atoms with Crippen molar-refractivity contribution in [3.63, 3.8) is 0 Å². The molecule has 0 aliphatic rings. The highest BCUT2D eigenvalue weighted by atomic mass is 16.3. The van der Waals surface area contributed by atoms with Crippen molar-refractivity contribution >= 4 is 5.69 Å². The van der Waals surface area contributed by atoms with Gasteiger partial charge in [-0.1, -0.05) is 52.2 Å². The molecular formula is C18H31NO2. The van der Waals surface area contributed by atoms with Crippen molar-refractivity contribution in [1.82, 2.24) is 0 Å². The third-order valence-corrected chi connectivity index (χ3v) is 4.44. The molecule has 2 atom stereocenters. The first-order valence-corrected chi connectivity index (χ1v) is 8.28. The molecule has 0 amide bonds. The lowest BCUT2D eigenvalue weighted by Crippen LogP contribution is -2.13. The van der Waals surface area contributed by atoms with Crippen LogP contribution in [-0.4, -0.2) is 23.4 Å². The molecule has 0 saturated heterocycles. The molecule has 3 N–H and O–H groups in total. The Balaban J connectivity index is 2.59. The number of aliphatic hydroxyl groups is 2. The zero-order valence-corrected chi connectivity index (χ0v) is 13.7. The second-order valence-electron chi connectivity index (χ2n) is 5.82. The molecule has 1 rings (SSSR count). The first kappa shape index (κ1) is 18.0. The van der Waals surface area contributed by atoms with Crippen molar-refractivity contribution in [2.24, 2.45) is 11.8 Å². The molecule has 1 aromatic carbocycles. The lowest BCUT2D eigenvalue weighted by Gasteiger charge is -2.21. The minimum absolute atomic E-state index is 0.256. The maximum absolute atomic E-state index is 10.4. The molecule has 21 heavy (non-hydrogen) atoms. The number of benzene rings is 1. The van der Waals surface area contributed by atoms with Crippen LogP contribution < -0.4 is 5.32 Å². The van der Waals surface area contributed by atoms with Crippen LogP contribution in [0.25, 0.3) is 0 Å². The first-order chi connectivity index (χ1) is 10.2. The van der Waals surface area contributed by atoms with Crippen LogP contribution in [0.3, 0.4) is 0 Å². The van der Waals surface area contributed by atoms with E-state index in [1.165, 1.54) is 0 Å². The number of rotatable bonds is 10. The van der Waals surface area contributed by atoms with Gasteiger partial charge in [0.25, 0.3) is 0 Å². The Morgan fingerprint density at radius 3 is 2.38 bits per heavy atom. The first-order valence-electron chi connectivity index (χ1n) is 8.28. The van der Waals surface area contributed by atoms with Crippen LogP contribution in [0.4, 0.5) is 5.69 Å². The molecular weight excluding hydrogens is 262 g/mol. The van der Waals surface area contributed by atoms with Gasteiger partial charge in [-0.25, -0.2) is 0 Å². The van der Waals surface area contributed by atoms with Crippen LogP contribution in [-0.2, 0) is 0 Å². The molecule has 120 valence electrons. The van der Waals surface area contributed by atoms with Crippen molar-refractivity contribution in [2.45, 2.75) is 52.6 Å². The maximum atomic E-state index is 10.4. The maximum Gasteiger partial charge on any atom is 0.0818 e. The highest BCUT2D eigenvalue weighted by Crippen LogP contribution is 2.28. The highest BCUT2D eigenvalue weighted by molar-refractivity contribution is 5.46. The van der Waals surface area contributed by atoms with E-state index in [9.17, 15) is 10.2 Å². The van der Waals surface area contributed by atoms with Gasteiger partial charge in [0.1, 0.15) is 0 Å². The predicted molar refractivity (Wildman–Crippen MR) is 89.4 cm³/mol. The van der Waals surface area contributed by atoms with E-state index < -0.39 is 0 Å². The molecule has 3 heteroatoms. The van der Waals surface area contributed by atoms with E-state index in [-0.39, 0.29) is 12.7 Å². The molecule has 0 aliphatic heterocycles. The number of anilines is 1. The summed E-state index contributed by atoms with van der Waals surface area (Å²) in [6.45, 7) is 7.46. The standard InChI is InChI=1S/C18H31NO2/c1-4-14(13-20)10-11-19-17-9-7-8-16(12-17)18(21)15(5-2)6-3/h7-9,12,14-15,18-21H,4-6,10-11,13H2,1-3H3. The molecule has 0 fully saturated rings. The second kappa shape index (κ2) is 9.80. The molecule has 2 unspecified atom stereocenters. The summed E-state index contributed by atoms with van der Waals surface area (Å²) >= 11 is 0.